The van der Waals surface area contributed by atoms with Crippen molar-refractivity contribution in [2.75, 3.05) is 11.9 Å². The van der Waals surface area contributed by atoms with Crippen molar-refractivity contribution < 1.29 is 31.5 Å². The summed E-state index contributed by atoms with van der Waals surface area (Å²) in [5.41, 5.74) is -0.354. The molecule has 12 heteroatoms. The number of amides is 2. The summed E-state index contributed by atoms with van der Waals surface area (Å²) in [5, 5.41) is 3.82. The van der Waals surface area contributed by atoms with E-state index >= 15 is 0 Å². The molecule has 3 rings (SSSR count). The van der Waals surface area contributed by atoms with Gasteiger partial charge in [-0.05, 0) is 42.3 Å². The van der Waals surface area contributed by atoms with E-state index in [0.717, 1.165) is 18.2 Å². The van der Waals surface area contributed by atoms with Gasteiger partial charge in [0.2, 0.25) is 5.91 Å². The molecular formula is C20H14Cl3F5N2O2. The highest BCUT2D eigenvalue weighted by Crippen LogP contribution is 2.65. The van der Waals surface area contributed by atoms with Gasteiger partial charge in [0.15, 0.2) is 0 Å². The first-order chi connectivity index (χ1) is 14.7. The molecule has 1 saturated carbocycles. The Bertz CT molecular complexity index is 1090. The lowest BCUT2D eigenvalue weighted by Crippen LogP contribution is -2.34. The number of halogens is 8. The molecule has 1 aliphatic rings. The van der Waals surface area contributed by atoms with Crippen LogP contribution in [0.2, 0.25) is 5.02 Å². The SMILES string of the molecule is Cc1c(F)cc(NC(=O)[C@H]2[C@H](c3ccc(F)c(Cl)c3)C2(Cl)Cl)cc1C(=O)NCC(F)(F)F. The Kier molecular flexibility index (Phi) is 6.66. The average molecular weight is 516 g/mol. The van der Waals surface area contributed by atoms with Crippen LogP contribution in [0.5, 0.6) is 0 Å². The summed E-state index contributed by atoms with van der Waals surface area (Å²) in [6.07, 6.45) is -4.65. The molecule has 0 radical (unpaired) electrons. The number of rotatable bonds is 5. The van der Waals surface area contributed by atoms with Crippen molar-refractivity contribution in [3.05, 3.63) is 63.7 Å². The van der Waals surface area contributed by atoms with Gasteiger partial charge < -0.3 is 10.6 Å². The maximum Gasteiger partial charge on any atom is 0.405 e. The first kappa shape index (κ1) is 24.5. The lowest BCUT2D eigenvalue weighted by atomic mass is 10.1. The summed E-state index contributed by atoms with van der Waals surface area (Å²) < 4.78 is 63.2. The van der Waals surface area contributed by atoms with Crippen molar-refractivity contribution in [1.29, 1.82) is 0 Å². The highest BCUT2D eigenvalue weighted by Gasteiger charge is 2.67. The number of nitrogens with one attached hydrogen (secondary N) is 2. The number of anilines is 1. The van der Waals surface area contributed by atoms with Crippen molar-refractivity contribution in [2.45, 2.75) is 23.4 Å². The average Bonchev–Trinajstić information content (AvgIpc) is 3.26. The molecule has 0 unspecified atom stereocenters. The third kappa shape index (κ3) is 5.10. The molecule has 1 fully saturated rings. The third-order valence-corrected chi connectivity index (χ3v) is 6.17. The molecule has 4 nitrogen and oxygen atoms in total. The molecule has 2 aromatic carbocycles. The molecule has 0 spiro atoms. The summed E-state index contributed by atoms with van der Waals surface area (Å²) in [6.45, 7) is -0.393. The summed E-state index contributed by atoms with van der Waals surface area (Å²) in [4.78, 5) is 24.8. The fourth-order valence-corrected chi connectivity index (χ4v) is 4.27. The molecule has 0 saturated heterocycles. The first-order valence-electron chi connectivity index (χ1n) is 9.01. The third-order valence-electron chi connectivity index (χ3n) is 4.94. The zero-order valence-electron chi connectivity index (χ0n) is 16.1. The van der Waals surface area contributed by atoms with Gasteiger partial charge in [-0.3, -0.25) is 9.59 Å². The minimum Gasteiger partial charge on any atom is -0.343 e. The Morgan fingerprint density at radius 1 is 1.09 bits per heavy atom. The van der Waals surface area contributed by atoms with E-state index in [4.69, 9.17) is 34.8 Å². The van der Waals surface area contributed by atoms with E-state index in [2.05, 4.69) is 5.32 Å². The smallest absolute Gasteiger partial charge is 0.343 e. The van der Waals surface area contributed by atoms with Gasteiger partial charge in [-0.15, -0.1) is 23.2 Å². The molecule has 172 valence electrons. The Morgan fingerprint density at radius 2 is 1.75 bits per heavy atom. The molecule has 0 aliphatic heterocycles. The second kappa shape index (κ2) is 8.68. The Hall–Kier alpha value is -2.10. The van der Waals surface area contributed by atoms with Gasteiger partial charge in [0, 0.05) is 17.2 Å². The summed E-state index contributed by atoms with van der Waals surface area (Å²) >= 11 is 18.2. The highest BCUT2D eigenvalue weighted by atomic mass is 35.5. The second-order valence-corrected chi connectivity index (χ2v) is 9.07. The van der Waals surface area contributed by atoms with Gasteiger partial charge in [0.1, 0.15) is 22.5 Å². The first-order valence-corrected chi connectivity index (χ1v) is 10.1. The molecule has 2 atom stereocenters. The largest absolute Gasteiger partial charge is 0.405 e. The van der Waals surface area contributed by atoms with E-state index in [-0.39, 0.29) is 21.8 Å². The maximum atomic E-state index is 14.3. The van der Waals surface area contributed by atoms with Crippen LogP contribution >= 0.6 is 34.8 Å². The van der Waals surface area contributed by atoms with Crippen molar-refractivity contribution in [1.82, 2.24) is 5.32 Å². The predicted molar refractivity (Wildman–Crippen MR) is 110 cm³/mol. The standard InChI is InChI=1S/C20H14Cl3F5N2O2/c1-8-11(17(31)29-7-19(26,27)28)5-10(6-14(8)25)30-18(32)16-15(20(16,22)23)9-2-3-13(24)12(21)4-9/h2-6,15-16H,7H2,1H3,(H,29,31)(H,30,32)/t15-,16+/m0/s1. The molecule has 2 amide bonds. The number of carbonyl (C=O) groups is 2. The molecule has 2 aromatic rings. The van der Waals surface area contributed by atoms with Gasteiger partial charge in [0.25, 0.3) is 5.91 Å². The normalized spacial score (nSPS) is 19.4. The van der Waals surface area contributed by atoms with Crippen molar-refractivity contribution in [3.8, 4) is 0 Å². The number of carbonyl (C=O) groups excluding carboxylic acids is 2. The zero-order chi connectivity index (χ0) is 24.0. The predicted octanol–water partition coefficient (Wildman–Crippen LogP) is 5.74. The van der Waals surface area contributed by atoms with Crippen LogP contribution < -0.4 is 10.6 Å². The van der Waals surface area contributed by atoms with E-state index in [9.17, 15) is 31.5 Å². The van der Waals surface area contributed by atoms with Gasteiger partial charge in [-0.1, -0.05) is 17.7 Å². The van der Waals surface area contributed by atoms with Gasteiger partial charge in [-0.2, -0.15) is 13.2 Å². The quantitative estimate of drug-likeness (QED) is 0.394. The van der Waals surface area contributed by atoms with Crippen LogP contribution in [0, 0.1) is 24.5 Å². The van der Waals surface area contributed by atoms with E-state index < -0.39 is 52.3 Å². The number of alkyl halides is 5. The van der Waals surface area contributed by atoms with Gasteiger partial charge in [-0.25, -0.2) is 8.78 Å². The minimum atomic E-state index is -4.65. The zero-order valence-corrected chi connectivity index (χ0v) is 18.4. The fourth-order valence-electron chi connectivity index (χ4n) is 3.26. The Balaban J connectivity index is 1.79. The number of benzene rings is 2. The lowest BCUT2D eigenvalue weighted by molar-refractivity contribution is -0.123. The van der Waals surface area contributed by atoms with E-state index in [1.165, 1.54) is 19.1 Å². The monoisotopic (exact) mass is 514 g/mol. The van der Waals surface area contributed by atoms with Crippen LogP contribution in [0.25, 0.3) is 0 Å². The Labute approximate surface area is 194 Å². The van der Waals surface area contributed by atoms with Crippen LogP contribution in [0.4, 0.5) is 27.6 Å². The van der Waals surface area contributed by atoms with E-state index in [1.54, 1.807) is 5.32 Å². The molecule has 32 heavy (non-hydrogen) atoms. The molecule has 0 bridgehead atoms. The Morgan fingerprint density at radius 3 is 2.34 bits per heavy atom. The van der Waals surface area contributed by atoms with Gasteiger partial charge >= 0.3 is 6.18 Å². The summed E-state index contributed by atoms with van der Waals surface area (Å²) in [5.74, 6) is -5.23. The number of hydrogen-bond donors (Lipinski definition) is 2. The van der Waals surface area contributed by atoms with E-state index in [0.29, 0.717) is 5.56 Å². The summed E-state index contributed by atoms with van der Waals surface area (Å²) in [6, 6.07) is 5.69. The van der Waals surface area contributed by atoms with Crippen LogP contribution in [0.1, 0.15) is 27.4 Å². The van der Waals surface area contributed by atoms with E-state index in [1.807, 2.05) is 0 Å². The van der Waals surface area contributed by atoms with Crippen molar-refractivity contribution in [3.63, 3.8) is 0 Å². The topological polar surface area (TPSA) is 58.2 Å². The molecule has 1 aliphatic carbocycles. The van der Waals surface area contributed by atoms with Crippen molar-refractivity contribution in [2.24, 2.45) is 5.92 Å². The van der Waals surface area contributed by atoms with Crippen molar-refractivity contribution >= 4 is 52.3 Å². The fraction of sp³-hybridized carbons (Fsp3) is 0.300. The van der Waals surface area contributed by atoms with Crippen LogP contribution in [-0.2, 0) is 4.79 Å². The molecular weight excluding hydrogens is 502 g/mol. The van der Waals surface area contributed by atoms with Crippen LogP contribution in [-0.4, -0.2) is 28.9 Å². The minimum absolute atomic E-state index is 0.179. The van der Waals surface area contributed by atoms with Crippen LogP contribution in [0.3, 0.4) is 0 Å². The highest BCUT2D eigenvalue weighted by molar-refractivity contribution is 6.53. The van der Waals surface area contributed by atoms with Gasteiger partial charge in [0.05, 0.1) is 10.9 Å². The number of hydrogen-bond acceptors (Lipinski definition) is 2. The second-order valence-electron chi connectivity index (χ2n) is 7.22. The molecule has 0 aromatic heterocycles. The maximum absolute atomic E-state index is 14.3. The lowest BCUT2D eigenvalue weighted by Gasteiger charge is -2.13. The molecule has 0 heterocycles. The summed E-state index contributed by atoms with van der Waals surface area (Å²) in [7, 11) is 0. The van der Waals surface area contributed by atoms with Crippen LogP contribution in [0.15, 0.2) is 30.3 Å². The molecule has 2 N–H and O–H groups in total.